The molecule has 0 aliphatic heterocycles. The molecule has 1 amide bonds. The van der Waals surface area contributed by atoms with Gasteiger partial charge in [-0.3, -0.25) is 9.59 Å². The molecule has 7 heteroatoms. The number of halogens is 1. The SMILES string of the molecule is COC(=O)CC(NC(=O)c1ccc(Br)o1)c1cccs1. The lowest BCUT2D eigenvalue weighted by atomic mass is 10.1. The highest BCUT2D eigenvalue weighted by Gasteiger charge is 2.21. The Labute approximate surface area is 128 Å². The minimum atomic E-state index is -0.432. The average molecular weight is 358 g/mol. The van der Waals surface area contributed by atoms with E-state index in [1.165, 1.54) is 18.4 Å². The van der Waals surface area contributed by atoms with Crippen LogP contribution in [0.2, 0.25) is 0 Å². The van der Waals surface area contributed by atoms with Gasteiger partial charge in [0.1, 0.15) is 0 Å². The smallest absolute Gasteiger partial charge is 0.307 e. The first-order valence-electron chi connectivity index (χ1n) is 5.76. The number of rotatable bonds is 5. The number of ether oxygens (including phenoxy) is 1. The number of methoxy groups -OCH3 is 1. The van der Waals surface area contributed by atoms with E-state index in [2.05, 4.69) is 26.0 Å². The molecule has 0 radical (unpaired) electrons. The first-order chi connectivity index (χ1) is 9.60. The van der Waals surface area contributed by atoms with Crippen molar-refractivity contribution in [3.63, 3.8) is 0 Å². The van der Waals surface area contributed by atoms with Crippen LogP contribution in [0, 0.1) is 0 Å². The molecule has 2 aromatic rings. The van der Waals surface area contributed by atoms with Gasteiger partial charge in [0.25, 0.3) is 5.91 Å². The molecule has 2 heterocycles. The Morgan fingerprint density at radius 1 is 1.45 bits per heavy atom. The van der Waals surface area contributed by atoms with Crippen molar-refractivity contribution in [3.8, 4) is 0 Å². The fraction of sp³-hybridized carbons (Fsp3) is 0.231. The summed E-state index contributed by atoms with van der Waals surface area (Å²) >= 11 is 4.60. The summed E-state index contributed by atoms with van der Waals surface area (Å²) < 4.78 is 10.3. The number of thiophene rings is 1. The van der Waals surface area contributed by atoms with E-state index < -0.39 is 6.04 Å². The van der Waals surface area contributed by atoms with Crippen molar-refractivity contribution < 1.29 is 18.7 Å². The number of amides is 1. The van der Waals surface area contributed by atoms with E-state index in [4.69, 9.17) is 4.42 Å². The molecule has 2 rings (SSSR count). The van der Waals surface area contributed by atoms with Crippen molar-refractivity contribution in [2.45, 2.75) is 12.5 Å². The third kappa shape index (κ3) is 3.71. The van der Waals surface area contributed by atoms with Gasteiger partial charge in [0, 0.05) is 4.88 Å². The molecule has 106 valence electrons. The Morgan fingerprint density at radius 2 is 2.25 bits per heavy atom. The monoisotopic (exact) mass is 357 g/mol. The van der Waals surface area contributed by atoms with Crippen LogP contribution in [0.4, 0.5) is 0 Å². The van der Waals surface area contributed by atoms with Gasteiger partial charge < -0.3 is 14.5 Å². The van der Waals surface area contributed by atoms with E-state index in [0.717, 1.165) is 4.88 Å². The maximum atomic E-state index is 12.1. The van der Waals surface area contributed by atoms with Crippen LogP contribution >= 0.6 is 27.3 Å². The first kappa shape index (κ1) is 14.8. The Bertz CT molecular complexity index is 593. The summed E-state index contributed by atoms with van der Waals surface area (Å²) in [5.74, 6) is -0.578. The summed E-state index contributed by atoms with van der Waals surface area (Å²) in [6.45, 7) is 0. The largest absolute Gasteiger partial charge is 0.469 e. The van der Waals surface area contributed by atoms with Crippen molar-refractivity contribution in [2.24, 2.45) is 0 Å². The van der Waals surface area contributed by atoms with E-state index in [-0.39, 0.29) is 24.1 Å². The second-order valence-electron chi connectivity index (χ2n) is 3.93. The van der Waals surface area contributed by atoms with Gasteiger partial charge in [0.05, 0.1) is 19.6 Å². The zero-order chi connectivity index (χ0) is 14.5. The topological polar surface area (TPSA) is 68.5 Å². The second kappa shape index (κ2) is 6.71. The minimum Gasteiger partial charge on any atom is -0.469 e. The number of esters is 1. The summed E-state index contributed by atoms with van der Waals surface area (Å²) in [5, 5.41) is 4.65. The Morgan fingerprint density at radius 3 is 2.80 bits per heavy atom. The van der Waals surface area contributed by atoms with Crippen LogP contribution in [0.25, 0.3) is 0 Å². The lowest BCUT2D eigenvalue weighted by Crippen LogP contribution is -2.29. The average Bonchev–Trinajstić information content (AvgIpc) is 3.08. The highest BCUT2D eigenvalue weighted by atomic mass is 79.9. The maximum Gasteiger partial charge on any atom is 0.307 e. The molecule has 0 spiro atoms. The van der Waals surface area contributed by atoms with E-state index in [0.29, 0.717) is 4.67 Å². The summed E-state index contributed by atoms with van der Waals surface area (Å²) in [6.07, 6.45) is 0.0740. The number of nitrogens with one attached hydrogen (secondary N) is 1. The molecule has 5 nitrogen and oxygen atoms in total. The van der Waals surface area contributed by atoms with Gasteiger partial charge in [-0.05, 0) is 39.5 Å². The number of furan rings is 1. The molecule has 0 saturated heterocycles. The predicted octanol–water partition coefficient (Wildman–Crippen LogP) is 3.14. The van der Waals surface area contributed by atoms with Crippen molar-refractivity contribution >= 4 is 39.1 Å². The Hall–Kier alpha value is -1.60. The number of hydrogen-bond donors (Lipinski definition) is 1. The predicted molar refractivity (Wildman–Crippen MR) is 77.6 cm³/mol. The molecule has 20 heavy (non-hydrogen) atoms. The first-order valence-corrected chi connectivity index (χ1v) is 7.44. The van der Waals surface area contributed by atoms with Crippen molar-refractivity contribution in [2.75, 3.05) is 7.11 Å². The van der Waals surface area contributed by atoms with E-state index >= 15 is 0 Å². The van der Waals surface area contributed by atoms with Crippen LogP contribution in [0.1, 0.15) is 27.9 Å². The van der Waals surface area contributed by atoms with Crippen molar-refractivity contribution in [1.29, 1.82) is 0 Å². The van der Waals surface area contributed by atoms with Crippen molar-refractivity contribution in [3.05, 3.63) is 45.0 Å². The van der Waals surface area contributed by atoms with E-state index in [1.807, 2.05) is 17.5 Å². The number of hydrogen-bond acceptors (Lipinski definition) is 5. The van der Waals surface area contributed by atoms with Gasteiger partial charge in [-0.1, -0.05) is 6.07 Å². The molecule has 0 fully saturated rings. The van der Waals surface area contributed by atoms with Crippen LogP contribution in [0.3, 0.4) is 0 Å². The molecule has 1 N–H and O–H groups in total. The highest BCUT2D eigenvalue weighted by Crippen LogP contribution is 2.23. The molecule has 0 aliphatic carbocycles. The third-order valence-electron chi connectivity index (χ3n) is 2.59. The van der Waals surface area contributed by atoms with Crippen LogP contribution in [0.15, 0.2) is 38.7 Å². The van der Waals surface area contributed by atoms with Gasteiger partial charge in [-0.25, -0.2) is 0 Å². The molecule has 0 saturated carbocycles. The summed E-state index contributed by atoms with van der Waals surface area (Å²) in [7, 11) is 1.32. The molecule has 0 bridgehead atoms. The zero-order valence-corrected chi connectivity index (χ0v) is 13.0. The summed E-state index contributed by atoms with van der Waals surface area (Å²) in [5.41, 5.74) is 0. The van der Waals surface area contributed by atoms with Crippen LogP contribution in [-0.4, -0.2) is 19.0 Å². The normalized spacial score (nSPS) is 11.9. The summed E-state index contributed by atoms with van der Waals surface area (Å²) in [6, 6.07) is 6.48. The van der Waals surface area contributed by atoms with Crippen LogP contribution < -0.4 is 5.32 Å². The molecular formula is C13H12BrNO4S. The van der Waals surface area contributed by atoms with Gasteiger partial charge in [0.15, 0.2) is 10.4 Å². The number of carbonyl (C=O) groups is 2. The molecule has 2 aromatic heterocycles. The van der Waals surface area contributed by atoms with Gasteiger partial charge in [-0.2, -0.15) is 0 Å². The van der Waals surface area contributed by atoms with Crippen LogP contribution in [0.5, 0.6) is 0 Å². The highest BCUT2D eigenvalue weighted by molar-refractivity contribution is 9.10. The summed E-state index contributed by atoms with van der Waals surface area (Å²) in [4.78, 5) is 24.4. The second-order valence-corrected chi connectivity index (χ2v) is 5.69. The van der Waals surface area contributed by atoms with Gasteiger partial charge in [-0.15, -0.1) is 11.3 Å². The molecule has 0 aliphatic rings. The van der Waals surface area contributed by atoms with Crippen LogP contribution in [-0.2, 0) is 9.53 Å². The standard InChI is InChI=1S/C13H12BrNO4S/c1-18-12(16)7-8(10-3-2-6-20-10)15-13(17)9-4-5-11(14)19-9/h2-6,8H,7H2,1H3,(H,15,17). The third-order valence-corrected chi connectivity index (χ3v) is 4.00. The van der Waals surface area contributed by atoms with E-state index in [9.17, 15) is 9.59 Å². The maximum absolute atomic E-state index is 12.1. The van der Waals surface area contributed by atoms with Gasteiger partial charge >= 0.3 is 5.97 Å². The van der Waals surface area contributed by atoms with E-state index in [1.54, 1.807) is 12.1 Å². The Kier molecular flexibility index (Phi) is 4.97. The molecule has 0 aromatic carbocycles. The molecule has 1 unspecified atom stereocenters. The zero-order valence-electron chi connectivity index (χ0n) is 10.6. The minimum absolute atomic E-state index is 0.0740. The fourth-order valence-corrected chi connectivity index (χ4v) is 2.71. The fourth-order valence-electron chi connectivity index (χ4n) is 1.63. The number of carbonyl (C=O) groups excluding carboxylic acids is 2. The lowest BCUT2D eigenvalue weighted by Gasteiger charge is -2.15. The van der Waals surface area contributed by atoms with Gasteiger partial charge in [0.2, 0.25) is 0 Å². The lowest BCUT2D eigenvalue weighted by molar-refractivity contribution is -0.141. The Balaban J connectivity index is 2.11. The quantitative estimate of drug-likeness (QED) is 0.834. The van der Waals surface area contributed by atoms with Crippen molar-refractivity contribution in [1.82, 2.24) is 5.32 Å². The molecule has 1 atom stereocenters. The molecular weight excluding hydrogens is 346 g/mol.